The van der Waals surface area contributed by atoms with Crippen LogP contribution in [0.3, 0.4) is 0 Å². The fourth-order valence-corrected chi connectivity index (χ4v) is 1.20. The number of benzene rings is 2. The van der Waals surface area contributed by atoms with Crippen LogP contribution in [-0.2, 0) is 0 Å². The summed E-state index contributed by atoms with van der Waals surface area (Å²) in [6.07, 6.45) is 0. The molecule has 0 aliphatic carbocycles. The van der Waals surface area contributed by atoms with Crippen molar-refractivity contribution in [2.24, 2.45) is 0 Å². The van der Waals surface area contributed by atoms with E-state index in [4.69, 9.17) is 0 Å². The van der Waals surface area contributed by atoms with Gasteiger partial charge in [-0.3, -0.25) is 0 Å². The van der Waals surface area contributed by atoms with Crippen LogP contribution in [-0.4, -0.2) is 10.2 Å². The lowest BCUT2D eigenvalue weighted by Gasteiger charge is -2.01. The molecule has 2 heteroatoms. The molecule has 0 unspecified atom stereocenters. The van der Waals surface area contributed by atoms with Gasteiger partial charge in [0.1, 0.15) is 11.5 Å². The Kier molecular flexibility index (Phi) is 1.40. The van der Waals surface area contributed by atoms with Gasteiger partial charge in [0, 0.05) is 10.8 Å². The molecule has 0 amide bonds. The average molecular weight is 159 g/mol. The van der Waals surface area contributed by atoms with Crippen LogP contribution in [0.25, 0.3) is 10.8 Å². The first-order chi connectivity index (χ1) is 5.79. The van der Waals surface area contributed by atoms with Crippen molar-refractivity contribution >= 4 is 10.8 Å². The normalized spacial score (nSPS) is 10.3. The zero-order valence-corrected chi connectivity index (χ0v) is 6.28. The Balaban J connectivity index is 2.95. The highest BCUT2D eigenvalue weighted by Gasteiger charge is 2.01. The maximum Gasteiger partial charge on any atom is 0.123 e. The Bertz CT molecular complexity index is 381. The third-order valence-corrected chi connectivity index (χ3v) is 1.82. The van der Waals surface area contributed by atoms with Crippen molar-refractivity contribution in [1.82, 2.24) is 0 Å². The molecule has 1 radical (unpaired) electrons. The summed E-state index contributed by atoms with van der Waals surface area (Å²) in [4.78, 5) is 0. The van der Waals surface area contributed by atoms with E-state index in [9.17, 15) is 10.2 Å². The highest BCUT2D eigenvalue weighted by atomic mass is 16.3. The second kappa shape index (κ2) is 2.41. The molecule has 2 N–H and O–H groups in total. The Morgan fingerprint density at radius 2 is 1.58 bits per heavy atom. The van der Waals surface area contributed by atoms with Gasteiger partial charge in [-0.25, -0.2) is 0 Å². The highest BCUT2D eigenvalue weighted by Crippen LogP contribution is 2.30. The van der Waals surface area contributed by atoms with Gasteiger partial charge in [-0.1, -0.05) is 6.07 Å². The van der Waals surface area contributed by atoms with Gasteiger partial charge >= 0.3 is 0 Å². The van der Waals surface area contributed by atoms with Crippen molar-refractivity contribution in [3.63, 3.8) is 0 Å². The molecule has 0 aliphatic rings. The van der Waals surface area contributed by atoms with E-state index in [0.717, 1.165) is 0 Å². The molecule has 0 spiro atoms. The molecule has 12 heavy (non-hydrogen) atoms. The second-order valence-electron chi connectivity index (χ2n) is 2.58. The van der Waals surface area contributed by atoms with Gasteiger partial charge in [0.05, 0.1) is 0 Å². The minimum atomic E-state index is 0.166. The number of phenolic OH excluding ortho intramolecular Hbond substituents is 2. The summed E-state index contributed by atoms with van der Waals surface area (Å²) < 4.78 is 0. The molecule has 0 saturated heterocycles. The van der Waals surface area contributed by atoms with Crippen LogP contribution in [0.2, 0.25) is 0 Å². The lowest BCUT2D eigenvalue weighted by atomic mass is 10.1. The maximum atomic E-state index is 9.37. The maximum absolute atomic E-state index is 9.37. The van der Waals surface area contributed by atoms with Gasteiger partial charge in [-0.2, -0.15) is 0 Å². The third kappa shape index (κ3) is 0.889. The average Bonchev–Trinajstić information content (AvgIpc) is 2.12. The predicted molar refractivity (Wildman–Crippen MR) is 46.1 cm³/mol. The number of hydrogen-bond donors (Lipinski definition) is 2. The summed E-state index contributed by atoms with van der Waals surface area (Å²) in [5.74, 6) is 0.344. The van der Waals surface area contributed by atoms with Crippen LogP contribution < -0.4 is 0 Å². The summed E-state index contributed by atoms with van der Waals surface area (Å²) in [5.41, 5.74) is 0. The van der Waals surface area contributed by atoms with E-state index in [0.29, 0.717) is 10.8 Å². The zero-order chi connectivity index (χ0) is 8.55. The quantitative estimate of drug-likeness (QED) is 0.577. The minimum absolute atomic E-state index is 0.166. The Morgan fingerprint density at radius 1 is 0.917 bits per heavy atom. The number of fused-ring (bicyclic) bond motifs is 1. The van der Waals surface area contributed by atoms with E-state index in [2.05, 4.69) is 6.07 Å². The molecule has 2 aromatic rings. The molecule has 2 rings (SSSR count). The van der Waals surface area contributed by atoms with Gasteiger partial charge in [0.25, 0.3) is 0 Å². The molecule has 0 fully saturated rings. The standard InChI is InChI=1S/C10H7O2/c11-9-5-6-10(12)8-4-2-1-3-7(8)9/h1,3-6,11-12H. The van der Waals surface area contributed by atoms with Crippen molar-refractivity contribution in [1.29, 1.82) is 0 Å². The van der Waals surface area contributed by atoms with E-state index >= 15 is 0 Å². The van der Waals surface area contributed by atoms with Gasteiger partial charge in [0.2, 0.25) is 0 Å². The van der Waals surface area contributed by atoms with E-state index in [1.165, 1.54) is 12.1 Å². The second-order valence-corrected chi connectivity index (χ2v) is 2.58. The van der Waals surface area contributed by atoms with Crippen molar-refractivity contribution in [2.45, 2.75) is 0 Å². The number of phenols is 2. The SMILES string of the molecule is Oc1ccc(O)c2cc[c]cc12. The van der Waals surface area contributed by atoms with E-state index in [1.807, 2.05) is 0 Å². The lowest BCUT2D eigenvalue weighted by Crippen LogP contribution is -1.74. The molecule has 0 bridgehead atoms. The molecule has 0 aromatic heterocycles. The lowest BCUT2D eigenvalue weighted by molar-refractivity contribution is 0.469. The molecule has 2 nitrogen and oxygen atoms in total. The van der Waals surface area contributed by atoms with Crippen LogP contribution in [0, 0.1) is 6.07 Å². The number of hydrogen-bond acceptors (Lipinski definition) is 2. The molecule has 59 valence electrons. The van der Waals surface area contributed by atoms with Gasteiger partial charge in [-0.15, -0.1) is 0 Å². The Labute approximate surface area is 69.7 Å². The molecule has 0 saturated carbocycles. The zero-order valence-electron chi connectivity index (χ0n) is 6.28. The minimum Gasteiger partial charge on any atom is -0.507 e. The van der Waals surface area contributed by atoms with Gasteiger partial charge < -0.3 is 10.2 Å². The largest absolute Gasteiger partial charge is 0.507 e. The first-order valence-electron chi connectivity index (χ1n) is 3.60. The smallest absolute Gasteiger partial charge is 0.123 e. The molecule has 2 aromatic carbocycles. The molecule has 0 aliphatic heterocycles. The number of aromatic hydroxyl groups is 2. The van der Waals surface area contributed by atoms with Crippen molar-refractivity contribution < 1.29 is 10.2 Å². The molecular weight excluding hydrogens is 152 g/mol. The van der Waals surface area contributed by atoms with Crippen LogP contribution in [0.4, 0.5) is 0 Å². The molecule has 0 heterocycles. The highest BCUT2D eigenvalue weighted by molar-refractivity contribution is 5.92. The summed E-state index contributed by atoms with van der Waals surface area (Å²) >= 11 is 0. The summed E-state index contributed by atoms with van der Waals surface area (Å²) in [6.45, 7) is 0. The number of rotatable bonds is 0. The Morgan fingerprint density at radius 3 is 2.25 bits per heavy atom. The van der Waals surface area contributed by atoms with E-state index in [1.54, 1.807) is 18.2 Å². The van der Waals surface area contributed by atoms with Crippen LogP contribution >= 0.6 is 0 Å². The first-order valence-corrected chi connectivity index (χ1v) is 3.60. The fourth-order valence-electron chi connectivity index (χ4n) is 1.20. The van der Waals surface area contributed by atoms with E-state index in [-0.39, 0.29) is 11.5 Å². The summed E-state index contributed by atoms with van der Waals surface area (Å²) in [6, 6.07) is 10.8. The third-order valence-electron chi connectivity index (χ3n) is 1.82. The van der Waals surface area contributed by atoms with Crippen LogP contribution in [0.5, 0.6) is 11.5 Å². The van der Waals surface area contributed by atoms with Crippen LogP contribution in [0.15, 0.2) is 30.3 Å². The van der Waals surface area contributed by atoms with E-state index < -0.39 is 0 Å². The van der Waals surface area contributed by atoms with Gasteiger partial charge in [-0.05, 0) is 30.3 Å². The fraction of sp³-hybridized carbons (Fsp3) is 0. The summed E-state index contributed by atoms with van der Waals surface area (Å²) in [5, 5.41) is 20.0. The monoisotopic (exact) mass is 159 g/mol. The van der Waals surface area contributed by atoms with Gasteiger partial charge in [0.15, 0.2) is 0 Å². The van der Waals surface area contributed by atoms with Crippen molar-refractivity contribution in [3.05, 3.63) is 36.4 Å². The molecular formula is C10H7O2. The van der Waals surface area contributed by atoms with Crippen molar-refractivity contribution in [3.8, 4) is 11.5 Å². The Hall–Kier alpha value is -1.70. The molecule has 0 atom stereocenters. The summed E-state index contributed by atoms with van der Waals surface area (Å²) in [7, 11) is 0. The first kappa shape index (κ1) is 6.98. The van der Waals surface area contributed by atoms with Crippen molar-refractivity contribution in [2.75, 3.05) is 0 Å². The topological polar surface area (TPSA) is 40.5 Å². The van der Waals surface area contributed by atoms with Crippen LogP contribution in [0.1, 0.15) is 0 Å². The predicted octanol–water partition coefficient (Wildman–Crippen LogP) is 2.05.